The van der Waals surface area contributed by atoms with Crippen molar-refractivity contribution in [2.75, 3.05) is 7.11 Å². The Morgan fingerprint density at radius 1 is 1.04 bits per heavy atom. The zero-order chi connectivity index (χ0) is 19.2. The van der Waals surface area contributed by atoms with Crippen LogP contribution in [-0.4, -0.2) is 22.8 Å². The fourth-order valence-corrected chi connectivity index (χ4v) is 2.93. The number of hydrogen-bond donors (Lipinski definition) is 2. The Morgan fingerprint density at radius 3 is 2.44 bits per heavy atom. The first-order chi connectivity index (χ1) is 13.1. The summed E-state index contributed by atoms with van der Waals surface area (Å²) in [5.41, 5.74) is 1.32. The summed E-state index contributed by atoms with van der Waals surface area (Å²) in [6.07, 6.45) is 0.0840. The van der Waals surface area contributed by atoms with Crippen molar-refractivity contribution >= 4 is 16.7 Å². The predicted molar refractivity (Wildman–Crippen MR) is 102 cm³/mol. The molecule has 0 atom stereocenters. The Kier molecular flexibility index (Phi) is 5.83. The van der Waals surface area contributed by atoms with Gasteiger partial charge >= 0.3 is 0 Å². The monoisotopic (exact) mass is 367 g/mol. The second kappa shape index (κ2) is 8.46. The molecule has 1 amide bonds. The SMILES string of the molecule is COCc1ccccc1CNC(=O)CCn1[nH]c(=O)c2ccccc2c1=O. The van der Waals surface area contributed by atoms with Gasteiger partial charge in [-0.3, -0.25) is 19.5 Å². The number of carbonyl (C=O) groups excluding carboxylic acids is 1. The molecule has 2 aromatic carbocycles. The molecule has 0 fully saturated rings. The third-order valence-electron chi connectivity index (χ3n) is 4.34. The number of hydrogen-bond acceptors (Lipinski definition) is 4. The zero-order valence-corrected chi connectivity index (χ0v) is 15.0. The lowest BCUT2D eigenvalue weighted by Crippen LogP contribution is -2.32. The fourth-order valence-electron chi connectivity index (χ4n) is 2.93. The normalized spacial score (nSPS) is 10.9. The van der Waals surface area contributed by atoms with Crippen LogP contribution in [0.1, 0.15) is 17.5 Å². The Labute approximate surface area is 155 Å². The van der Waals surface area contributed by atoms with Gasteiger partial charge < -0.3 is 10.1 Å². The minimum atomic E-state index is -0.348. The molecule has 27 heavy (non-hydrogen) atoms. The maximum atomic E-state index is 12.4. The molecule has 0 saturated heterocycles. The molecule has 140 valence electrons. The molecule has 2 N–H and O–H groups in total. The van der Waals surface area contributed by atoms with Crippen molar-refractivity contribution in [3.63, 3.8) is 0 Å². The van der Waals surface area contributed by atoms with E-state index in [9.17, 15) is 14.4 Å². The van der Waals surface area contributed by atoms with Crippen LogP contribution in [0.2, 0.25) is 0 Å². The molecule has 7 nitrogen and oxygen atoms in total. The smallest absolute Gasteiger partial charge is 0.273 e. The third kappa shape index (κ3) is 4.32. The first-order valence-corrected chi connectivity index (χ1v) is 8.64. The molecule has 1 heterocycles. The molecule has 0 bridgehead atoms. The number of amides is 1. The molecule has 7 heteroatoms. The molecule has 1 aromatic heterocycles. The highest BCUT2D eigenvalue weighted by Gasteiger charge is 2.09. The van der Waals surface area contributed by atoms with Crippen molar-refractivity contribution in [2.45, 2.75) is 26.1 Å². The van der Waals surface area contributed by atoms with Gasteiger partial charge in [-0.05, 0) is 23.3 Å². The van der Waals surface area contributed by atoms with Crippen molar-refractivity contribution in [1.29, 1.82) is 0 Å². The number of aromatic amines is 1. The topological polar surface area (TPSA) is 93.2 Å². The Hall–Kier alpha value is -3.19. The minimum Gasteiger partial charge on any atom is -0.380 e. The summed E-state index contributed by atoms with van der Waals surface area (Å²) in [7, 11) is 1.62. The number of fused-ring (bicyclic) bond motifs is 1. The van der Waals surface area contributed by atoms with Gasteiger partial charge in [0.2, 0.25) is 5.91 Å². The predicted octanol–water partition coefficient (Wildman–Crippen LogP) is 1.54. The Morgan fingerprint density at radius 2 is 1.70 bits per heavy atom. The maximum absolute atomic E-state index is 12.4. The lowest BCUT2D eigenvalue weighted by molar-refractivity contribution is -0.121. The van der Waals surface area contributed by atoms with Gasteiger partial charge in [0.1, 0.15) is 0 Å². The molecule has 0 aliphatic heterocycles. The van der Waals surface area contributed by atoms with Gasteiger partial charge in [-0.1, -0.05) is 36.4 Å². The number of carbonyl (C=O) groups is 1. The van der Waals surface area contributed by atoms with Crippen LogP contribution < -0.4 is 16.4 Å². The number of benzene rings is 2. The number of methoxy groups -OCH3 is 1. The summed E-state index contributed by atoms with van der Waals surface area (Å²) in [5.74, 6) is -0.205. The number of aromatic nitrogens is 2. The van der Waals surface area contributed by atoms with Crippen LogP contribution in [0.3, 0.4) is 0 Å². The van der Waals surface area contributed by atoms with E-state index in [2.05, 4.69) is 10.4 Å². The number of rotatable bonds is 7. The summed E-state index contributed by atoms with van der Waals surface area (Å²) >= 11 is 0. The van der Waals surface area contributed by atoms with Crippen molar-refractivity contribution in [2.24, 2.45) is 0 Å². The van der Waals surface area contributed by atoms with Gasteiger partial charge in [-0.25, -0.2) is 4.68 Å². The van der Waals surface area contributed by atoms with E-state index in [1.165, 1.54) is 4.68 Å². The number of aryl methyl sites for hydroxylation is 1. The van der Waals surface area contributed by atoms with E-state index in [4.69, 9.17) is 4.74 Å². The minimum absolute atomic E-state index is 0.0840. The van der Waals surface area contributed by atoms with Crippen LogP contribution in [0.5, 0.6) is 0 Å². The third-order valence-corrected chi connectivity index (χ3v) is 4.34. The second-order valence-electron chi connectivity index (χ2n) is 6.17. The quantitative estimate of drug-likeness (QED) is 0.662. The molecular weight excluding hydrogens is 346 g/mol. The molecule has 0 radical (unpaired) electrons. The van der Waals surface area contributed by atoms with Crippen LogP contribution in [0, 0.1) is 0 Å². The largest absolute Gasteiger partial charge is 0.380 e. The molecule has 0 aliphatic rings. The number of nitrogens with one attached hydrogen (secondary N) is 2. The highest BCUT2D eigenvalue weighted by atomic mass is 16.5. The van der Waals surface area contributed by atoms with Crippen LogP contribution >= 0.6 is 0 Å². The molecule has 3 aromatic rings. The van der Waals surface area contributed by atoms with E-state index >= 15 is 0 Å². The van der Waals surface area contributed by atoms with E-state index < -0.39 is 0 Å². The summed E-state index contributed by atoms with van der Waals surface area (Å²) in [5, 5.41) is 6.05. The molecule has 0 unspecified atom stereocenters. The first kappa shape index (κ1) is 18.6. The lowest BCUT2D eigenvalue weighted by atomic mass is 10.1. The lowest BCUT2D eigenvalue weighted by Gasteiger charge is -2.11. The van der Waals surface area contributed by atoms with Gasteiger partial charge in [-0.15, -0.1) is 0 Å². The first-order valence-electron chi connectivity index (χ1n) is 8.64. The fraction of sp³-hybridized carbons (Fsp3) is 0.250. The molecule has 0 saturated carbocycles. The van der Waals surface area contributed by atoms with E-state index in [0.29, 0.717) is 23.9 Å². The summed E-state index contributed by atoms with van der Waals surface area (Å²) in [4.78, 5) is 36.7. The van der Waals surface area contributed by atoms with Crippen LogP contribution in [0.15, 0.2) is 58.1 Å². The number of H-pyrrole nitrogens is 1. The average Bonchev–Trinajstić information content (AvgIpc) is 2.69. The number of ether oxygens (including phenoxy) is 1. The van der Waals surface area contributed by atoms with E-state index in [1.54, 1.807) is 31.4 Å². The van der Waals surface area contributed by atoms with Gasteiger partial charge in [0.25, 0.3) is 11.1 Å². The molecule has 0 spiro atoms. The highest BCUT2D eigenvalue weighted by molar-refractivity contribution is 5.80. The molecule has 3 rings (SSSR count). The Bertz CT molecular complexity index is 1070. The summed E-state index contributed by atoms with van der Waals surface area (Å²) in [6.45, 7) is 0.950. The van der Waals surface area contributed by atoms with Crippen molar-refractivity contribution in [3.05, 3.63) is 80.4 Å². The van der Waals surface area contributed by atoms with E-state index in [-0.39, 0.29) is 30.0 Å². The number of nitrogens with zero attached hydrogens (tertiary/aromatic N) is 1. The summed E-state index contributed by atoms with van der Waals surface area (Å²) < 4.78 is 6.34. The van der Waals surface area contributed by atoms with E-state index in [1.807, 2.05) is 24.3 Å². The van der Waals surface area contributed by atoms with Crippen molar-refractivity contribution in [1.82, 2.24) is 15.1 Å². The van der Waals surface area contributed by atoms with Gasteiger partial charge in [0.15, 0.2) is 0 Å². The van der Waals surface area contributed by atoms with Gasteiger partial charge in [0.05, 0.1) is 23.9 Å². The van der Waals surface area contributed by atoms with Crippen LogP contribution in [0.25, 0.3) is 10.8 Å². The standard InChI is InChI=1S/C20H21N3O4/c1-27-13-15-7-3-2-6-14(15)12-21-18(24)10-11-23-20(26)17-9-5-4-8-16(17)19(25)22-23/h2-9H,10-13H2,1H3,(H,21,24)(H,22,25). The maximum Gasteiger partial charge on any atom is 0.273 e. The van der Waals surface area contributed by atoms with Crippen LogP contribution in [0.4, 0.5) is 0 Å². The van der Waals surface area contributed by atoms with Gasteiger partial charge in [0, 0.05) is 20.1 Å². The molecular formula is C20H21N3O4. The van der Waals surface area contributed by atoms with Crippen LogP contribution in [-0.2, 0) is 29.2 Å². The Balaban J connectivity index is 1.65. The van der Waals surface area contributed by atoms with Crippen molar-refractivity contribution < 1.29 is 9.53 Å². The second-order valence-corrected chi connectivity index (χ2v) is 6.17. The zero-order valence-electron chi connectivity index (χ0n) is 15.0. The molecule has 0 aliphatic carbocycles. The summed E-state index contributed by atoms with van der Waals surface area (Å²) in [6, 6.07) is 14.3. The average molecular weight is 367 g/mol. The van der Waals surface area contributed by atoms with Gasteiger partial charge in [-0.2, -0.15) is 0 Å². The van der Waals surface area contributed by atoms with E-state index in [0.717, 1.165) is 11.1 Å². The van der Waals surface area contributed by atoms with Crippen molar-refractivity contribution in [3.8, 4) is 0 Å². The highest BCUT2D eigenvalue weighted by Crippen LogP contribution is 2.09.